The highest BCUT2D eigenvalue weighted by atomic mass is 35.5. The van der Waals surface area contributed by atoms with Gasteiger partial charge in [0.1, 0.15) is 11.4 Å². The first kappa shape index (κ1) is 24.2. The highest BCUT2D eigenvalue weighted by Crippen LogP contribution is 2.36. The molecule has 0 atom stereocenters. The molecule has 7 nitrogen and oxygen atoms in total. The summed E-state index contributed by atoms with van der Waals surface area (Å²) < 4.78 is 27.4. The second-order valence-electron chi connectivity index (χ2n) is 9.62. The molecule has 0 unspecified atom stereocenters. The molecule has 1 saturated heterocycles. The molecule has 1 aliphatic carbocycles. The van der Waals surface area contributed by atoms with Crippen LogP contribution in [-0.2, 0) is 14.8 Å². The van der Waals surface area contributed by atoms with Gasteiger partial charge in [0.25, 0.3) is 5.91 Å². The monoisotopic (exact) mass is 492 g/mol. The Morgan fingerprint density at radius 3 is 2.48 bits per heavy atom. The van der Waals surface area contributed by atoms with Gasteiger partial charge < -0.3 is 10.6 Å². The molecule has 4 rings (SSSR count). The van der Waals surface area contributed by atoms with Crippen LogP contribution in [0.25, 0.3) is 6.08 Å². The number of carbonyl (C=O) groups excluding carboxylic acids is 1. The summed E-state index contributed by atoms with van der Waals surface area (Å²) in [5, 5.41) is 7.77. The number of aliphatic imine (C=N–C) groups is 1. The number of nitrogens with one attached hydrogen (secondary N) is 2. The van der Waals surface area contributed by atoms with Gasteiger partial charge in [-0.2, -0.15) is 4.31 Å². The van der Waals surface area contributed by atoms with Crippen LogP contribution in [0.15, 0.2) is 22.5 Å². The molecule has 0 radical (unpaired) electrons. The Morgan fingerprint density at radius 2 is 1.88 bits per heavy atom. The second kappa shape index (κ2) is 9.39. The van der Waals surface area contributed by atoms with Gasteiger partial charge >= 0.3 is 0 Å². The predicted molar refractivity (Wildman–Crippen MR) is 134 cm³/mol. The number of amides is 1. The number of aryl methyl sites for hydroxylation is 1. The van der Waals surface area contributed by atoms with Gasteiger partial charge in [-0.3, -0.25) is 9.79 Å². The Hall–Kier alpha value is -1.90. The molecular weight excluding hydrogens is 460 g/mol. The molecule has 1 spiro atoms. The van der Waals surface area contributed by atoms with Crippen molar-refractivity contribution in [3.8, 4) is 0 Å². The lowest BCUT2D eigenvalue weighted by molar-refractivity contribution is -0.124. The minimum Gasteiger partial charge on any atom is -0.388 e. The fourth-order valence-corrected chi connectivity index (χ4v) is 6.57. The first-order valence-corrected chi connectivity index (χ1v) is 13.6. The average molecular weight is 493 g/mol. The quantitative estimate of drug-likeness (QED) is 0.645. The van der Waals surface area contributed by atoms with E-state index in [9.17, 15) is 13.2 Å². The molecule has 2 N–H and O–H groups in total. The van der Waals surface area contributed by atoms with E-state index in [1.165, 1.54) is 9.71 Å². The van der Waals surface area contributed by atoms with E-state index in [0.717, 1.165) is 48.7 Å². The highest BCUT2D eigenvalue weighted by molar-refractivity contribution is 7.92. The molecule has 1 aromatic carbocycles. The number of hydrogen-bond donors (Lipinski definition) is 2. The summed E-state index contributed by atoms with van der Waals surface area (Å²) in [5.41, 5.74) is 1.62. The van der Waals surface area contributed by atoms with Crippen LogP contribution >= 0.6 is 11.6 Å². The summed E-state index contributed by atoms with van der Waals surface area (Å²) in [6, 6.07) is 3.69. The van der Waals surface area contributed by atoms with Crippen molar-refractivity contribution >= 4 is 45.1 Å². The van der Waals surface area contributed by atoms with Crippen molar-refractivity contribution in [1.82, 2.24) is 9.62 Å². The lowest BCUT2D eigenvalue weighted by Gasteiger charge is -2.34. The predicted octanol–water partition coefficient (Wildman–Crippen LogP) is 4.18. The molecule has 2 heterocycles. The van der Waals surface area contributed by atoms with Crippen molar-refractivity contribution in [2.24, 2.45) is 16.8 Å². The molecule has 1 amide bonds. The zero-order valence-electron chi connectivity index (χ0n) is 19.5. The Bertz CT molecular complexity index is 1060. The summed E-state index contributed by atoms with van der Waals surface area (Å²) in [5.74, 6) is 1.79. The highest BCUT2D eigenvalue weighted by Gasteiger charge is 2.48. The molecular formula is C24H33ClN4O3S. The maximum atomic E-state index is 13.0. The van der Waals surface area contributed by atoms with Crippen LogP contribution < -0.4 is 10.6 Å². The van der Waals surface area contributed by atoms with Gasteiger partial charge in [0.15, 0.2) is 0 Å². The molecule has 180 valence electrons. The van der Waals surface area contributed by atoms with Crippen molar-refractivity contribution in [2.45, 2.75) is 57.9 Å². The van der Waals surface area contributed by atoms with Crippen LogP contribution in [0.1, 0.15) is 56.6 Å². The van der Waals surface area contributed by atoms with E-state index < -0.39 is 15.6 Å². The summed E-state index contributed by atoms with van der Waals surface area (Å²) in [4.78, 5) is 17.7. The maximum Gasteiger partial charge on any atom is 0.253 e. The van der Waals surface area contributed by atoms with Crippen LogP contribution in [0.4, 0.5) is 5.69 Å². The average Bonchev–Trinajstić information content (AvgIpc) is 3.09. The minimum absolute atomic E-state index is 0.0734. The number of amidine groups is 1. The third-order valence-corrected chi connectivity index (χ3v) is 9.22. The lowest BCUT2D eigenvalue weighted by atomic mass is 9.82. The Labute approximate surface area is 201 Å². The lowest BCUT2D eigenvalue weighted by Crippen LogP contribution is -2.50. The summed E-state index contributed by atoms with van der Waals surface area (Å²) in [6.45, 7) is 4.70. The number of rotatable bonds is 5. The fraction of sp³-hybridized carbons (Fsp3) is 0.583. The number of anilines is 1. The van der Waals surface area contributed by atoms with E-state index in [1.807, 2.05) is 13.0 Å². The standard InChI is InChI=1S/C24H33ClN4O3S/c1-16-4-6-18(7-5-16)22-27-23(30)24(28-22)9-11-29(12-10-24)33(31,32)13-8-20-17(2)14-19(26-3)15-21(20)25/h8,13-16,18,26H,4-7,9-12H2,1-3H3,(H,27,28,30). The number of benzene rings is 1. The van der Waals surface area contributed by atoms with Crippen molar-refractivity contribution in [3.63, 3.8) is 0 Å². The molecule has 1 aromatic rings. The molecule has 33 heavy (non-hydrogen) atoms. The van der Waals surface area contributed by atoms with E-state index in [2.05, 4.69) is 17.6 Å². The fourth-order valence-electron chi connectivity index (χ4n) is 5.07. The van der Waals surface area contributed by atoms with E-state index in [0.29, 0.717) is 29.3 Å². The summed E-state index contributed by atoms with van der Waals surface area (Å²) in [7, 11) is -1.83. The molecule has 2 fully saturated rings. The molecule has 9 heteroatoms. The number of halogens is 1. The third kappa shape index (κ3) is 4.98. The third-order valence-electron chi connectivity index (χ3n) is 7.34. The van der Waals surface area contributed by atoms with Gasteiger partial charge in [-0.05, 0) is 67.9 Å². The van der Waals surface area contributed by atoms with Crippen molar-refractivity contribution in [2.75, 3.05) is 25.5 Å². The van der Waals surface area contributed by atoms with E-state index in [1.54, 1.807) is 19.2 Å². The van der Waals surface area contributed by atoms with Gasteiger partial charge in [0.2, 0.25) is 10.0 Å². The van der Waals surface area contributed by atoms with Crippen LogP contribution in [0.3, 0.4) is 0 Å². The molecule has 0 bridgehead atoms. The van der Waals surface area contributed by atoms with Crippen molar-refractivity contribution in [3.05, 3.63) is 33.7 Å². The van der Waals surface area contributed by atoms with Gasteiger partial charge in [0, 0.05) is 37.2 Å². The number of piperidine rings is 1. The zero-order chi connectivity index (χ0) is 23.8. The van der Waals surface area contributed by atoms with E-state index in [-0.39, 0.29) is 19.0 Å². The smallest absolute Gasteiger partial charge is 0.253 e. The van der Waals surface area contributed by atoms with Crippen LogP contribution in [-0.4, -0.2) is 50.1 Å². The summed E-state index contributed by atoms with van der Waals surface area (Å²) >= 11 is 6.35. The van der Waals surface area contributed by atoms with Gasteiger partial charge in [-0.15, -0.1) is 0 Å². The minimum atomic E-state index is -3.64. The number of carbonyl (C=O) groups is 1. The van der Waals surface area contributed by atoms with E-state index in [4.69, 9.17) is 16.6 Å². The first-order valence-electron chi connectivity index (χ1n) is 11.7. The van der Waals surface area contributed by atoms with Crippen molar-refractivity contribution in [1.29, 1.82) is 0 Å². The molecule has 0 aromatic heterocycles. The topological polar surface area (TPSA) is 90.9 Å². The van der Waals surface area contributed by atoms with Crippen molar-refractivity contribution < 1.29 is 13.2 Å². The maximum absolute atomic E-state index is 13.0. The second-order valence-corrected chi connectivity index (χ2v) is 11.9. The molecule has 1 saturated carbocycles. The van der Waals surface area contributed by atoms with Gasteiger partial charge in [-0.25, -0.2) is 8.42 Å². The van der Waals surface area contributed by atoms with Gasteiger partial charge in [0.05, 0.1) is 5.02 Å². The number of hydrogen-bond acceptors (Lipinski definition) is 5. The van der Waals surface area contributed by atoms with Crippen LogP contribution in [0, 0.1) is 18.8 Å². The van der Waals surface area contributed by atoms with Crippen LogP contribution in [0.5, 0.6) is 0 Å². The Balaban J connectivity index is 1.44. The number of nitrogens with zero attached hydrogens (tertiary/aromatic N) is 2. The first-order chi connectivity index (χ1) is 15.6. The SMILES string of the molecule is CNc1cc(C)c(C=CS(=O)(=O)N2CCC3(CC2)N=C(C2CCC(C)CC2)NC3=O)c(Cl)c1. The largest absolute Gasteiger partial charge is 0.388 e. The Morgan fingerprint density at radius 1 is 1.21 bits per heavy atom. The summed E-state index contributed by atoms with van der Waals surface area (Å²) in [6.07, 6.45) is 6.78. The van der Waals surface area contributed by atoms with Gasteiger partial charge in [-0.1, -0.05) is 31.4 Å². The van der Waals surface area contributed by atoms with E-state index >= 15 is 0 Å². The molecule has 3 aliphatic rings. The molecule has 2 aliphatic heterocycles. The zero-order valence-corrected chi connectivity index (χ0v) is 21.1. The van der Waals surface area contributed by atoms with Crippen LogP contribution in [0.2, 0.25) is 5.02 Å². The number of sulfonamides is 1. The Kier molecular flexibility index (Phi) is 6.90. The normalized spacial score (nSPS) is 25.9.